The van der Waals surface area contributed by atoms with Crippen LogP contribution in [0, 0.1) is 5.92 Å². The molecule has 1 rings (SSSR count). The first-order chi connectivity index (χ1) is 10.6. The minimum absolute atomic E-state index is 0.0144. The normalized spacial score (nSPS) is 18.3. The highest BCUT2D eigenvalue weighted by atomic mass is 19.1. The molecule has 132 valence electrons. The van der Waals surface area contributed by atoms with Gasteiger partial charge in [-0.3, -0.25) is 0 Å². The third-order valence-corrected chi connectivity index (χ3v) is 3.56. The zero-order valence-electron chi connectivity index (χ0n) is 15.1. The highest BCUT2D eigenvalue weighted by Gasteiger charge is 2.26. The molecule has 0 unspecified atom stereocenters. The van der Waals surface area contributed by atoms with E-state index in [-0.39, 0.29) is 23.9 Å². The summed E-state index contributed by atoms with van der Waals surface area (Å²) in [5.41, 5.74) is 3.01. The van der Waals surface area contributed by atoms with E-state index in [9.17, 15) is 9.18 Å². The lowest BCUT2D eigenvalue weighted by Crippen LogP contribution is -2.45. The predicted molar refractivity (Wildman–Crippen MR) is 91.1 cm³/mol. The van der Waals surface area contributed by atoms with Gasteiger partial charge in [0.1, 0.15) is 11.4 Å². The van der Waals surface area contributed by atoms with Crippen molar-refractivity contribution in [3.63, 3.8) is 0 Å². The van der Waals surface area contributed by atoms with Crippen molar-refractivity contribution >= 4 is 11.8 Å². The van der Waals surface area contributed by atoms with Crippen LogP contribution in [0.1, 0.15) is 54.4 Å². The Labute approximate surface area is 138 Å². The molecule has 1 N–H and O–H groups in total. The molecule has 5 nitrogen and oxygen atoms in total. The van der Waals surface area contributed by atoms with E-state index in [0.29, 0.717) is 18.8 Å². The number of likely N-dealkylation sites (tertiary alicyclic amines) is 1. The summed E-state index contributed by atoms with van der Waals surface area (Å²) in [6.07, 6.45) is 2.69. The van der Waals surface area contributed by atoms with Crippen LogP contribution in [0.3, 0.4) is 0 Å². The third-order valence-electron chi connectivity index (χ3n) is 3.56. The van der Waals surface area contributed by atoms with Gasteiger partial charge in [0.15, 0.2) is 0 Å². The summed E-state index contributed by atoms with van der Waals surface area (Å²) in [7, 11) is 0. The molecule has 1 amide bonds. The van der Waals surface area contributed by atoms with Gasteiger partial charge in [-0.15, -0.1) is 0 Å². The molecule has 0 aromatic rings. The Balaban J connectivity index is 2.52. The number of halogens is 1. The van der Waals surface area contributed by atoms with Crippen LogP contribution in [0.25, 0.3) is 0 Å². The van der Waals surface area contributed by atoms with E-state index in [0.717, 1.165) is 12.8 Å². The molecule has 1 fully saturated rings. The Morgan fingerprint density at radius 3 is 2.35 bits per heavy atom. The first kappa shape index (κ1) is 19.5. The van der Waals surface area contributed by atoms with Gasteiger partial charge in [-0.2, -0.15) is 5.10 Å². The fourth-order valence-corrected chi connectivity index (χ4v) is 2.28. The first-order valence-electron chi connectivity index (χ1n) is 8.27. The number of nitrogens with zero attached hydrogens (tertiary/aromatic N) is 2. The average molecular weight is 327 g/mol. The van der Waals surface area contributed by atoms with E-state index in [2.05, 4.69) is 10.5 Å². The molecule has 1 aliphatic heterocycles. The largest absolute Gasteiger partial charge is 0.444 e. The number of amides is 1. The number of hydrogen-bond donors (Lipinski definition) is 1. The van der Waals surface area contributed by atoms with Crippen LogP contribution in [0.5, 0.6) is 0 Å². The molecule has 0 radical (unpaired) electrons. The van der Waals surface area contributed by atoms with Crippen LogP contribution in [-0.2, 0) is 4.74 Å². The number of nitrogens with one attached hydrogen (secondary N) is 1. The van der Waals surface area contributed by atoms with Crippen molar-refractivity contribution in [3.8, 4) is 0 Å². The number of hydrogen-bond acceptors (Lipinski definition) is 4. The molecule has 0 aromatic carbocycles. The number of carbonyl (C=O) groups is 1. The molecule has 0 bridgehead atoms. The van der Waals surface area contributed by atoms with Gasteiger partial charge in [0, 0.05) is 25.0 Å². The van der Waals surface area contributed by atoms with Crippen molar-refractivity contribution in [1.29, 1.82) is 0 Å². The lowest BCUT2D eigenvalue weighted by Gasteiger charge is -2.33. The summed E-state index contributed by atoms with van der Waals surface area (Å²) >= 11 is 0. The van der Waals surface area contributed by atoms with E-state index in [1.165, 1.54) is 6.08 Å². The summed E-state index contributed by atoms with van der Waals surface area (Å²) < 4.78 is 19.1. The smallest absolute Gasteiger partial charge is 0.410 e. The molecule has 1 heterocycles. The molecule has 0 spiro atoms. The quantitative estimate of drug-likeness (QED) is 0.630. The molecule has 0 saturated carbocycles. The number of hydrazone groups is 1. The van der Waals surface area contributed by atoms with E-state index >= 15 is 0 Å². The fraction of sp³-hybridized carbons (Fsp3) is 0.765. The van der Waals surface area contributed by atoms with Gasteiger partial charge in [0.2, 0.25) is 0 Å². The lowest BCUT2D eigenvalue weighted by atomic mass is 10.1. The molecule has 0 aromatic heterocycles. The van der Waals surface area contributed by atoms with Gasteiger partial charge in [-0.1, -0.05) is 13.8 Å². The van der Waals surface area contributed by atoms with Crippen LogP contribution in [0.15, 0.2) is 17.0 Å². The van der Waals surface area contributed by atoms with Gasteiger partial charge in [0.05, 0.1) is 5.71 Å². The number of allylic oxidation sites excluding steroid dienone is 2. The van der Waals surface area contributed by atoms with E-state index in [1.807, 2.05) is 34.6 Å². The Bertz CT molecular complexity index is 459. The molecule has 1 aliphatic rings. The lowest BCUT2D eigenvalue weighted by molar-refractivity contribution is 0.0198. The second-order valence-corrected chi connectivity index (χ2v) is 7.16. The van der Waals surface area contributed by atoms with Crippen molar-refractivity contribution in [2.45, 2.75) is 66.0 Å². The highest BCUT2D eigenvalue weighted by molar-refractivity contribution is 5.99. The van der Waals surface area contributed by atoms with Crippen molar-refractivity contribution < 1.29 is 13.9 Å². The Morgan fingerprint density at radius 1 is 1.35 bits per heavy atom. The van der Waals surface area contributed by atoms with Gasteiger partial charge < -0.3 is 15.1 Å². The highest BCUT2D eigenvalue weighted by Crippen LogP contribution is 2.16. The van der Waals surface area contributed by atoms with Gasteiger partial charge >= 0.3 is 6.09 Å². The Hall–Kier alpha value is -1.59. The maximum Gasteiger partial charge on any atom is 0.410 e. The summed E-state index contributed by atoms with van der Waals surface area (Å²) in [6, 6.07) is 0.145. The predicted octanol–water partition coefficient (Wildman–Crippen LogP) is 3.86. The van der Waals surface area contributed by atoms with Crippen molar-refractivity contribution in [3.05, 3.63) is 11.9 Å². The molecule has 6 heteroatoms. The Morgan fingerprint density at radius 2 is 1.91 bits per heavy atom. The summed E-state index contributed by atoms with van der Waals surface area (Å²) in [5.74, 6) is -0.278. The first-order valence-corrected chi connectivity index (χ1v) is 8.27. The summed E-state index contributed by atoms with van der Waals surface area (Å²) in [6.45, 7) is 12.3. The number of ether oxygens (including phenoxy) is 1. The van der Waals surface area contributed by atoms with E-state index in [1.54, 1.807) is 11.8 Å². The zero-order chi connectivity index (χ0) is 17.6. The van der Waals surface area contributed by atoms with E-state index < -0.39 is 5.60 Å². The van der Waals surface area contributed by atoms with Gasteiger partial charge in [-0.05, 0) is 46.6 Å². The van der Waals surface area contributed by atoms with Crippen molar-refractivity contribution in [2.24, 2.45) is 11.0 Å². The minimum Gasteiger partial charge on any atom is -0.444 e. The summed E-state index contributed by atoms with van der Waals surface area (Å²) in [4.78, 5) is 13.7. The zero-order valence-corrected chi connectivity index (χ0v) is 15.1. The molecular formula is C17H30FN3O2. The van der Waals surface area contributed by atoms with Crippen LogP contribution < -0.4 is 5.43 Å². The molecule has 0 aliphatic carbocycles. The minimum atomic E-state index is -0.480. The van der Waals surface area contributed by atoms with Crippen molar-refractivity contribution in [2.75, 3.05) is 13.1 Å². The van der Waals surface area contributed by atoms with Crippen molar-refractivity contribution in [1.82, 2.24) is 10.3 Å². The Kier molecular flexibility index (Phi) is 7.03. The average Bonchev–Trinajstić information content (AvgIpc) is 2.45. The van der Waals surface area contributed by atoms with Crippen LogP contribution in [0.2, 0.25) is 0 Å². The van der Waals surface area contributed by atoms with Crippen LogP contribution >= 0.6 is 0 Å². The summed E-state index contributed by atoms with van der Waals surface area (Å²) in [5, 5.41) is 4.24. The molecule has 23 heavy (non-hydrogen) atoms. The number of rotatable bonds is 4. The second kappa shape index (κ2) is 8.31. The second-order valence-electron chi connectivity index (χ2n) is 7.16. The fourth-order valence-electron chi connectivity index (χ4n) is 2.28. The van der Waals surface area contributed by atoms with Gasteiger partial charge in [0.25, 0.3) is 0 Å². The van der Waals surface area contributed by atoms with Gasteiger partial charge in [-0.25, -0.2) is 9.18 Å². The number of piperidine rings is 1. The monoisotopic (exact) mass is 327 g/mol. The standard InChI is InChI=1S/C17H30FN3O2/c1-7-14(18)15(12(2)3)20-19-13-8-10-21(11-9-13)16(22)23-17(4,5)6/h7,12-13,19H,8-11H2,1-6H3/b14-7+,20-15+. The SMILES string of the molecule is C/C=C(F)\C(=N\NC1CCN(C(=O)OC(C)(C)C)CC1)C(C)C. The molecular weight excluding hydrogens is 297 g/mol. The molecule has 1 saturated heterocycles. The van der Waals surface area contributed by atoms with Crippen LogP contribution in [-0.4, -0.2) is 41.4 Å². The topological polar surface area (TPSA) is 53.9 Å². The maximum absolute atomic E-state index is 13.7. The van der Waals surface area contributed by atoms with Crippen LogP contribution in [0.4, 0.5) is 9.18 Å². The third kappa shape index (κ3) is 6.59. The number of carbonyl (C=O) groups excluding carboxylic acids is 1. The molecule has 0 atom stereocenters. The van der Waals surface area contributed by atoms with E-state index in [4.69, 9.17) is 4.74 Å². The maximum atomic E-state index is 13.7.